The van der Waals surface area contributed by atoms with Crippen LogP contribution in [0.4, 0.5) is 5.82 Å². The number of rotatable bonds is 7. The van der Waals surface area contributed by atoms with Crippen LogP contribution in [0.2, 0.25) is 0 Å². The number of likely N-dealkylation sites (tertiary alicyclic amines) is 1. The summed E-state index contributed by atoms with van der Waals surface area (Å²) in [5.74, 6) is 1.87. The second-order valence-corrected chi connectivity index (χ2v) is 7.20. The van der Waals surface area contributed by atoms with Gasteiger partial charge in [0.25, 0.3) is 5.91 Å². The molecule has 1 N–H and O–H groups in total. The molecule has 0 spiro atoms. The minimum atomic E-state index is -0.113. The molecule has 3 rings (SSSR count). The van der Waals surface area contributed by atoms with Crippen molar-refractivity contribution in [2.75, 3.05) is 25.0 Å². The Morgan fingerprint density at radius 2 is 1.93 bits per heavy atom. The molecule has 1 aliphatic rings. The van der Waals surface area contributed by atoms with Gasteiger partial charge in [0.1, 0.15) is 11.6 Å². The SMILES string of the molecule is CC(=O)Nc1cc(CCC2CCN(C(=O)COc3ccccc3)CC2)ccn1. The van der Waals surface area contributed by atoms with Gasteiger partial charge in [-0.25, -0.2) is 4.98 Å². The molecular formula is C22H27N3O3. The zero-order chi connectivity index (χ0) is 19.8. The Morgan fingerprint density at radius 3 is 2.64 bits per heavy atom. The van der Waals surface area contributed by atoms with Crippen LogP contribution in [-0.2, 0) is 16.0 Å². The smallest absolute Gasteiger partial charge is 0.260 e. The first-order valence-corrected chi connectivity index (χ1v) is 9.78. The number of nitrogens with one attached hydrogen (secondary N) is 1. The fourth-order valence-corrected chi connectivity index (χ4v) is 3.47. The minimum absolute atomic E-state index is 0.0522. The molecule has 1 aromatic heterocycles. The van der Waals surface area contributed by atoms with Crippen LogP contribution in [-0.4, -0.2) is 41.4 Å². The number of aryl methyl sites for hydroxylation is 1. The fourth-order valence-electron chi connectivity index (χ4n) is 3.47. The van der Waals surface area contributed by atoms with Gasteiger partial charge in [-0.1, -0.05) is 18.2 Å². The summed E-state index contributed by atoms with van der Waals surface area (Å²) in [6, 6.07) is 13.4. The normalized spacial score (nSPS) is 14.5. The zero-order valence-electron chi connectivity index (χ0n) is 16.3. The van der Waals surface area contributed by atoms with E-state index in [0.29, 0.717) is 11.7 Å². The van der Waals surface area contributed by atoms with E-state index >= 15 is 0 Å². The molecule has 148 valence electrons. The summed E-state index contributed by atoms with van der Waals surface area (Å²) in [5, 5.41) is 2.72. The van der Waals surface area contributed by atoms with Crippen molar-refractivity contribution in [1.82, 2.24) is 9.88 Å². The first-order chi connectivity index (χ1) is 13.6. The second kappa shape index (κ2) is 9.88. The second-order valence-electron chi connectivity index (χ2n) is 7.20. The van der Waals surface area contributed by atoms with Gasteiger partial charge in [-0.3, -0.25) is 9.59 Å². The lowest BCUT2D eigenvalue weighted by Crippen LogP contribution is -2.41. The predicted molar refractivity (Wildman–Crippen MR) is 108 cm³/mol. The van der Waals surface area contributed by atoms with Gasteiger partial charge in [-0.05, 0) is 61.4 Å². The van der Waals surface area contributed by atoms with Crippen LogP contribution in [0.3, 0.4) is 0 Å². The molecule has 6 heteroatoms. The van der Waals surface area contributed by atoms with Gasteiger partial charge in [0, 0.05) is 26.2 Å². The summed E-state index contributed by atoms with van der Waals surface area (Å²) < 4.78 is 5.56. The van der Waals surface area contributed by atoms with Crippen LogP contribution in [0.25, 0.3) is 0 Å². The molecule has 0 aliphatic carbocycles. The van der Waals surface area contributed by atoms with Crippen LogP contribution in [0.15, 0.2) is 48.7 Å². The van der Waals surface area contributed by atoms with Gasteiger partial charge in [0.05, 0.1) is 0 Å². The van der Waals surface area contributed by atoms with E-state index in [9.17, 15) is 9.59 Å². The van der Waals surface area contributed by atoms with Gasteiger partial charge in [-0.2, -0.15) is 0 Å². The molecule has 0 radical (unpaired) electrons. The number of carbonyl (C=O) groups is 2. The summed E-state index contributed by atoms with van der Waals surface area (Å²) in [6.07, 6.45) is 5.78. The van der Waals surface area contributed by atoms with E-state index in [4.69, 9.17) is 4.74 Å². The number of hydrogen-bond donors (Lipinski definition) is 1. The number of carbonyl (C=O) groups excluding carboxylic acids is 2. The number of pyridine rings is 1. The Kier molecular flexibility index (Phi) is 7.00. The van der Waals surface area contributed by atoms with Crippen molar-refractivity contribution >= 4 is 17.6 Å². The largest absolute Gasteiger partial charge is 0.484 e. The number of benzene rings is 1. The average Bonchev–Trinajstić information content (AvgIpc) is 2.71. The number of para-hydroxylation sites is 1. The third-order valence-electron chi connectivity index (χ3n) is 5.04. The van der Waals surface area contributed by atoms with Crippen molar-refractivity contribution < 1.29 is 14.3 Å². The van der Waals surface area contributed by atoms with Crippen LogP contribution >= 0.6 is 0 Å². The number of hydrogen-bond acceptors (Lipinski definition) is 4. The Labute approximate surface area is 165 Å². The Bertz CT molecular complexity index is 787. The summed E-state index contributed by atoms with van der Waals surface area (Å²) in [6.45, 7) is 3.15. The highest BCUT2D eigenvalue weighted by Crippen LogP contribution is 2.23. The summed E-state index contributed by atoms with van der Waals surface area (Å²) >= 11 is 0. The van der Waals surface area contributed by atoms with E-state index in [-0.39, 0.29) is 18.4 Å². The monoisotopic (exact) mass is 381 g/mol. The van der Waals surface area contributed by atoms with Crippen LogP contribution in [0, 0.1) is 5.92 Å². The van der Waals surface area contributed by atoms with E-state index in [1.807, 2.05) is 47.4 Å². The highest BCUT2D eigenvalue weighted by Gasteiger charge is 2.23. The highest BCUT2D eigenvalue weighted by atomic mass is 16.5. The average molecular weight is 381 g/mol. The maximum Gasteiger partial charge on any atom is 0.260 e. The summed E-state index contributed by atoms with van der Waals surface area (Å²) in [7, 11) is 0. The summed E-state index contributed by atoms with van der Waals surface area (Å²) in [4.78, 5) is 29.6. The molecule has 0 unspecified atom stereocenters. The summed E-state index contributed by atoms with van der Waals surface area (Å²) in [5.41, 5.74) is 1.17. The standard InChI is InChI=1S/C22H27N3O3/c1-17(26)24-21-15-19(9-12-23-21)8-7-18-10-13-25(14-11-18)22(27)16-28-20-5-3-2-4-6-20/h2-6,9,12,15,18H,7-8,10-11,13-14,16H2,1H3,(H,23,24,26). The number of anilines is 1. The lowest BCUT2D eigenvalue weighted by Gasteiger charge is -2.32. The number of piperidine rings is 1. The zero-order valence-corrected chi connectivity index (χ0v) is 16.3. The molecule has 0 bridgehead atoms. The van der Waals surface area contributed by atoms with Crippen molar-refractivity contribution in [1.29, 1.82) is 0 Å². The molecule has 1 aliphatic heterocycles. The lowest BCUT2D eigenvalue weighted by molar-refractivity contribution is -0.134. The number of nitrogens with zero attached hydrogens (tertiary/aromatic N) is 2. The number of aromatic nitrogens is 1. The molecule has 6 nitrogen and oxygen atoms in total. The number of amides is 2. The van der Waals surface area contributed by atoms with Crippen molar-refractivity contribution in [2.45, 2.75) is 32.6 Å². The van der Waals surface area contributed by atoms with E-state index < -0.39 is 0 Å². The molecule has 2 aromatic rings. The van der Waals surface area contributed by atoms with Gasteiger partial charge >= 0.3 is 0 Å². The molecule has 1 fully saturated rings. The molecule has 28 heavy (non-hydrogen) atoms. The predicted octanol–water partition coefficient (Wildman–Crippen LogP) is 3.29. The van der Waals surface area contributed by atoms with Gasteiger partial charge in [0.15, 0.2) is 6.61 Å². The Balaban J connectivity index is 1.39. The minimum Gasteiger partial charge on any atom is -0.484 e. The van der Waals surface area contributed by atoms with Crippen molar-refractivity contribution in [2.24, 2.45) is 5.92 Å². The molecule has 0 saturated carbocycles. The molecule has 0 atom stereocenters. The van der Waals surface area contributed by atoms with E-state index in [1.54, 1.807) is 6.20 Å². The third-order valence-corrected chi connectivity index (χ3v) is 5.04. The molecule has 1 aromatic carbocycles. The highest BCUT2D eigenvalue weighted by molar-refractivity contribution is 5.87. The van der Waals surface area contributed by atoms with Gasteiger partial charge < -0.3 is 15.0 Å². The quantitative estimate of drug-likeness (QED) is 0.799. The topological polar surface area (TPSA) is 71.5 Å². The first kappa shape index (κ1) is 19.9. The molecule has 2 amide bonds. The lowest BCUT2D eigenvalue weighted by atomic mass is 9.90. The molecule has 1 saturated heterocycles. The molecular weight excluding hydrogens is 354 g/mol. The maximum absolute atomic E-state index is 12.3. The fraction of sp³-hybridized carbons (Fsp3) is 0.409. The third kappa shape index (κ3) is 6.08. The van der Waals surface area contributed by atoms with E-state index in [1.165, 1.54) is 12.5 Å². The van der Waals surface area contributed by atoms with Crippen molar-refractivity contribution in [3.05, 3.63) is 54.2 Å². The Morgan fingerprint density at radius 1 is 1.18 bits per heavy atom. The first-order valence-electron chi connectivity index (χ1n) is 9.78. The van der Waals surface area contributed by atoms with E-state index in [2.05, 4.69) is 10.3 Å². The van der Waals surface area contributed by atoms with Crippen molar-refractivity contribution in [3.63, 3.8) is 0 Å². The van der Waals surface area contributed by atoms with Gasteiger partial charge in [0.2, 0.25) is 5.91 Å². The van der Waals surface area contributed by atoms with Crippen LogP contribution < -0.4 is 10.1 Å². The van der Waals surface area contributed by atoms with Gasteiger partial charge in [-0.15, -0.1) is 0 Å². The Hall–Kier alpha value is -2.89. The number of ether oxygens (including phenoxy) is 1. The van der Waals surface area contributed by atoms with Crippen molar-refractivity contribution in [3.8, 4) is 5.75 Å². The van der Waals surface area contributed by atoms with E-state index in [0.717, 1.165) is 44.5 Å². The van der Waals surface area contributed by atoms with Crippen LogP contribution in [0.5, 0.6) is 5.75 Å². The maximum atomic E-state index is 12.3. The molecule has 2 heterocycles. The van der Waals surface area contributed by atoms with Crippen LogP contribution in [0.1, 0.15) is 31.7 Å².